The van der Waals surface area contributed by atoms with E-state index in [9.17, 15) is 0 Å². The molecule has 3 heterocycles. The van der Waals surface area contributed by atoms with Gasteiger partial charge in [-0.05, 0) is 75.1 Å². The molecule has 0 bridgehead atoms. The van der Waals surface area contributed by atoms with Crippen molar-refractivity contribution in [1.29, 1.82) is 0 Å². The summed E-state index contributed by atoms with van der Waals surface area (Å²) < 4.78 is 0. The zero-order valence-corrected chi connectivity index (χ0v) is 17.7. The molecule has 0 amide bonds. The van der Waals surface area contributed by atoms with Crippen molar-refractivity contribution in [3.63, 3.8) is 0 Å². The summed E-state index contributed by atoms with van der Waals surface area (Å²) in [5.74, 6) is 5.77. The van der Waals surface area contributed by atoms with Crippen LogP contribution in [0.15, 0.2) is 0 Å². The minimum atomic E-state index is 0.723. The predicted molar refractivity (Wildman–Crippen MR) is 107 cm³/mol. The molecule has 10 atom stereocenters. The van der Waals surface area contributed by atoms with Gasteiger partial charge in [-0.25, -0.2) is 0 Å². The van der Waals surface area contributed by atoms with E-state index in [1.54, 1.807) is 0 Å². The van der Waals surface area contributed by atoms with Crippen LogP contribution >= 0.6 is 0 Å². The molecule has 138 valence electrons. The van der Waals surface area contributed by atoms with Crippen LogP contribution in [0.25, 0.3) is 0 Å². The van der Waals surface area contributed by atoms with Gasteiger partial charge in [-0.1, -0.05) is 41.5 Å². The summed E-state index contributed by atoms with van der Waals surface area (Å²) in [7, 11) is 2.34. The van der Waals surface area contributed by atoms with Gasteiger partial charge in [-0.15, -0.1) is 0 Å². The van der Waals surface area contributed by atoms with Crippen molar-refractivity contribution in [2.45, 2.75) is 91.0 Å². The Morgan fingerprint density at radius 1 is 0.667 bits per heavy atom. The summed E-state index contributed by atoms with van der Waals surface area (Å²) in [5, 5.41) is 0. The standard InChI is InChI=1S/C21H41BN2/c1-12-13(2)15(4)21-17(6)22-16(5)19(8)23(9)10-20(22)11-24(21)18(7)14(12)3/h12-21H,10-11H2,1-9H3/t12-,13+,14-,15+,16-,17+,18-,19+,20-,21?/m1/s1. The van der Waals surface area contributed by atoms with Gasteiger partial charge in [0.15, 0.2) is 6.71 Å². The van der Waals surface area contributed by atoms with E-state index in [2.05, 4.69) is 72.2 Å². The van der Waals surface area contributed by atoms with Crippen LogP contribution in [0.1, 0.15) is 55.4 Å². The molecule has 24 heavy (non-hydrogen) atoms. The van der Waals surface area contributed by atoms with E-state index in [0.717, 1.165) is 66.0 Å². The first-order valence-electron chi connectivity index (χ1n) is 10.6. The van der Waals surface area contributed by atoms with E-state index in [0.29, 0.717) is 0 Å². The monoisotopic (exact) mass is 332 g/mol. The molecule has 0 aromatic carbocycles. The Kier molecular flexibility index (Phi) is 5.17. The van der Waals surface area contributed by atoms with Crippen LogP contribution in [0.5, 0.6) is 0 Å². The largest absolute Gasteiger partial charge is 0.304 e. The molecule has 0 N–H and O–H groups in total. The number of hydrogen-bond donors (Lipinski definition) is 0. The zero-order chi connectivity index (χ0) is 17.9. The molecular formula is C21H41BN2. The summed E-state index contributed by atoms with van der Waals surface area (Å²) in [6, 6.07) is 2.23. The van der Waals surface area contributed by atoms with Gasteiger partial charge in [0.1, 0.15) is 0 Å². The molecule has 1 unspecified atom stereocenters. The van der Waals surface area contributed by atoms with Crippen molar-refractivity contribution in [2.24, 2.45) is 23.7 Å². The van der Waals surface area contributed by atoms with E-state index in [-0.39, 0.29) is 0 Å². The minimum Gasteiger partial charge on any atom is -0.304 e. The number of nitrogens with zero attached hydrogens (tertiary/aromatic N) is 2. The fraction of sp³-hybridized carbons (Fsp3) is 1.00. The second-order valence-electron chi connectivity index (χ2n) is 10.1. The molecule has 3 saturated heterocycles. The smallest absolute Gasteiger partial charge is 0.155 e. The lowest BCUT2D eigenvalue weighted by atomic mass is 9.23. The Bertz CT molecular complexity index is 455. The van der Waals surface area contributed by atoms with Crippen LogP contribution in [0.4, 0.5) is 0 Å². The molecule has 3 rings (SSSR count). The van der Waals surface area contributed by atoms with Gasteiger partial charge in [0.05, 0.1) is 0 Å². The predicted octanol–water partition coefficient (Wildman–Crippen LogP) is 4.60. The molecule has 0 aromatic heterocycles. The van der Waals surface area contributed by atoms with E-state index in [4.69, 9.17) is 0 Å². The first-order chi connectivity index (χ1) is 11.2. The topological polar surface area (TPSA) is 6.48 Å². The van der Waals surface area contributed by atoms with Gasteiger partial charge in [0.2, 0.25) is 0 Å². The SMILES string of the molecule is C[C@H]1[C@@H](C)[C@@H](C)N2C[C@H]3CN(C)[C@@H](C)[C@@H](C)B3[C@@H](C)C2[C@@H](C)[C@H]1C. The number of hydrogen-bond acceptors (Lipinski definition) is 2. The third-order valence-electron chi connectivity index (χ3n) is 9.41. The van der Waals surface area contributed by atoms with Crippen molar-refractivity contribution < 1.29 is 0 Å². The van der Waals surface area contributed by atoms with Crippen molar-refractivity contribution in [3.8, 4) is 0 Å². The zero-order valence-electron chi connectivity index (χ0n) is 17.7. The molecule has 0 spiro atoms. The van der Waals surface area contributed by atoms with E-state index in [1.165, 1.54) is 13.1 Å². The normalized spacial score (nSPS) is 54.1. The van der Waals surface area contributed by atoms with Gasteiger partial charge in [0.25, 0.3) is 0 Å². The summed E-state index contributed by atoms with van der Waals surface area (Å²) in [6.45, 7) is 23.7. The Morgan fingerprint density at radius 3 is 1.88 bits per heavy atom. The third kappa shape index (κ3) is 2.69. The first kappa shape index (κ1) is 18.8. The lowest BCUT2D eigenvalue weighted by Gasteiger charge is -2.57. The average molecular weight is 332 g/mol. The molecule has 0 radical (unpaired) electrons. The van der Waals surface area contributed by atoms with Crippen molar-refractivity contribution in [2.75, 3.05) is 20.1 Å². The van der Waals surface area contributed by atoms with Crippen LogP contribution in [-0.2, 0) is 0 Å². The van der Waals surface area contributed by atoms with Gasteiger partial charge >= 0.3 is 0 Å². The highest BCUT2D eigenvalue weighted by atomic mass is 15.2. The highest BCUT2D eigenvalue weighted by molar-refractivity contribution is 6.64. The van der Waals surface area contributed by atoms with Crippen molar-refractivity contribution in [1.82, 2.24) is 9.80 Å². The fourth-order valence-electron chi connectivity index (χ4n) is 7.05. The Hall–Kier alpha value is -0.0151. The Labute approximate surface area is 151 Å². The Balaban J connectivity index is 1.96. The van der Waals surface area contributed by atoms with Gasteiger partial charge in [0, 0.05) is 18.1 Å². The molecule has 0 aliphatic carbocycles. The van der Waals surface area contributed by atoms with Crippen molar-refractivity contribution >= 4 is 6.71 Å². The molecule has 2 nitrogen and oxygen atoms in total. The number of fused-ring (bicyclic) bond motifs is 2. The lowest BCUT2D eigenvalue weighted by Crippen LogP contribution is -2.63. The Morgan fingerprint density at radius 2 is 1.25 bits per heavy atom. The maximum Gasteiger partial charge on any atom is 0.155 e. The van der Waals surface area contributed by atoms with E-state index in [1.807, 2.05) is 0 Å². The highest BCUT2D eigenvalue weighted by Gasteiger charge is 2.54. The molecule has 3 aliphatic heterocycles. The van der Waals surface area contributed by atoms with Crippen LogP contribution in [0.3, 0.4) is 0 Å². The van der Waals surface area contributed by atoms with Gasteiger partial charge < -0.3 is 4.90 Å². The molecule has 3 aliphatic rings. The fourth-order valence-corrected chi connectivity index (χ4v) is 7.05. The third-order valence-corrected chi connectivity index (χ3v) is 9.41. The second kappa shape index (κ2) is 6.61. The van der Waals surface area contributed by atoms with Crippen LogP contribution in [0, 0.1) is 23.7 Å². The summed E-state index contributed by atoms with van der Waals surface area (Å²) in [5.41, 5.74) is 0. The molecule has 0 saturated carbocycles. The first-order valence-corrected chi connectivity index (χ1v) is 10.6. The maximum absolute atomic E-state index is 2.96. The number of rotatable bonds is 0. The van der Waals surface area contributed by atoms with Crippen LogP contribution < -0.4 is 0 Å². The molecule has 0 aromatic rings. The average Bonchev–Trinajstić information content (AvgIpc) is 2.60. The van der Waals surface area contributed by atoms with Gasteiger partial charge in [-0.3, -0.25) is 4.90 Å². The quantitative estimate of drug-likeness (QED) is 0.598. The van der Waals surface area contributed by atoms with E-state index < -0.39 is 0 Å². The van der Waals surface area contributed by atoms with Gasteiger partial charge in [-0.2, -0.15) is 0 Å². The van der Waals surface area contributed by atoms with Crippen LogP contribution in [0.2, 0.25) is 17.5 Å². The van der Waals surface area contributed by atoms with E-state index >= 15 is 0 Å². The van der Waals surface area contributed by atoms with Crippen LogP contribution in [-0.4, -0.2) is 54.8 Å². The second-order valence-corrected chi connectivity index (χ2v) is 10.1. The maximum atomic E-state index is 2.96. The highest BCUT2D eigenvalue weighted by Crippen LogP contribution is 2.51. The molecule has 3 heteroatoms. The molecule has 3 fully saturated rings. The lowest BCUT2D eigenvalue weighted by molar-refractivity contribution is 0.0626. The summed E-state index contributed by atoms with van der Waals surface area (Å²) in [4.78, 5) is 5.58. The molecular weight excluding hydrogens is 291 g/mol. The summed E-state index contributed by atoms with van der Waals surface area (Å²) in [6.07, 6.45) is 0. The minimum absolute atomic E-state index is 0.723. The summed E-state index contributed by atoms with van der Waals surface area (Å²) >= 11 is 0. The van der Waals surface area contributed by atoms with Crippen molar-refractivity contribution in [3.05, 3.63) is 0 Å².